The van der Waals surface area contributed by atoms with Crippen molar-refractivity contribution in [2.45, 2.75) is 0 Å². The molecule has 0 aliphatic carbocycles. The van der Waals surface area contributed by atoms with Crippen molar-refractivity contribution >= 4 is 0 Å². The molecule has 1 aromatic heterocycles. The Morgan fingerprint density at radius 1 is 1.07 bits per heavy atom. The third kappa shape index (κ3) is 2.83. The zero-order valence-electron chi connectivity index (χ0n) is 8.89. The number of pyridine rings is 1. The number of aryl methyl sites for hydroxylation is 1. The molecule has 2 rings (SSSR count). The molecule has 79 valence electrons. The quantitative estimate of drug-likeness (QED) is 0.519. The van der Waals surface area contributed by atoms with Gasteiger partial charge in [-0.3, -0.25) is 0 Å². The highest BCUT2D eigenvalue weighted by Crippen LogP contribution is 2.19. The van der Waals surface area contributed by atoms with Gasteiger partial charge in [0.25, 0.3) is 0 Å². The normalized spacial score (nSPS) is 15.2. The Balaban J connectivity index is 0.00000112. The third-order valence-electron chi connectivity index (χ3n) is 2.29. The topological polar surface area (TPSA) is 7.12 Å². The number of hydrogen-bond acceptors (Lipinski definition) is 1. The molecule has 0 saturated carbocycles. The number of aromatic nitrogens is 1. The minimum Gasteiger partial charge on any atom is -1.00 e. The van der Waals surface area contributed by atoms with E-state index in [0.29, 0.717) is 0 Å². The van der Waals surface area contributed by atoms with Crippen LogP contribution in [0.25, 0.3) is 0 Å². The molecule has 0 saturated heterocycles. The molecular weight excluding hydrogens is 208 g/mol. The van der Waals surface area contributed by atoms with Gasteiger partial charge in [-0.2, -0.15) is 0 Å². The Kier molecular flexibility index (Phi) is 3.92. The van der Waals surface area contributed by atoms with Crippen molar-refractivity contribution in [3.63, 3.8) is 0 Å². The summed E-state index contributed by atoms with van der Waals surface area (Å²) in [5, 5.41) is 0. The van der Waals surface area contributed by atoms with Gasteiger partial charge < -0.3 is 17.3 Å². The highest BCUT2D eigenvalue weighted by Gasteiger charge is 2.09. The van der Waals surface area contributed by atoms with Crippen LogP contribution >= 0.6 is 0 Å². The molecule has 0 aromatic carbocycles. The van der Waals surface area contributed by atoms with Crippen LogP contribution in [-0.4, -0.2) is 11.9 Å². The first-order chi connectivity index (χ1) is 6.75. The number of nitrogens with zero attached hydrogens (tertiary/aromatic N) is 2. The highest BCUT2D eigenvalue weighted by atomic mass is 35.5. The molecule has 2 heterocycles. The average Bonchev–Trinajstić information content (AvgIpc) is 2.21. The summed E-state index contributed by atoms with van der Waals surface area (Å²) in [7, 11) is 4.05. The van der Waals surface area contributed by atoms with Crippen LogP contribution in [0.2, 0.25) is 0 Å². The van der Waals surface area contributed by atoms with E-state index in [2.05, 4.69) is 49.1 Å². The molecule has 3 heteroatoms. The van der Waals surface area contributed by atoms with E-state index in [4.69, 9.17) is 0 Å². The summed E-state index contributed by atoms with van der Waals surface area (Å²) in [6.07, 6.45) is 12.5. The van der Waals surface area contributed by atoms with Crippen LogP contribution < -0.4 is 17.0 Å². The SMILES string of the molecule is CN1C=C[C](c2cc[n+](C)cc2)C=C1.[Cl-]. The Morgan fingerprint density at radius 3 is 2.13 bits per heavy atom. The number of allylic oxidation sites excluding steroid dienone is 2. The Bertz CT molecular complexity index is 354. The highest BCUT2D eigenvalue weighted by molar-refractivity contribution is 5.43. The molecule has 0 fully saturated rings. The van der Waals surface area contributed by atoms with E-state index in [1.165, 1.54) is 11.5 Å². The third-order valence-corrected chi connectivity index (χ3v) is 2.29. The van der Waals surface area contributed by atoms with Crippen LogP contribution in [0.3, 0.4) is 0 Å². The molecule has 0 amide bonds. The summed E-state index contributed by atoms with van der Waals surface area (Å²) < 4.78 is 2.03. The lowest BCUT2D eigenvalue weighted by atomic mass is 9.99. The summed E-state index contributed by atoms with van der Waals surface area (Å²) in [4.78, 5) is 2.03. The van der Waals surface area contributed by atoms with E-state index in [0.717, 1.165) is 0 Å². The van der Waals surface area contributed by atoms with Gasteiger partial charge in [-0.1, -0.05) is 12.2 Å². The molecule has 0 atom stereocenters. The second kappa shape index (κ2) is 4.99. The number of hydrogen-bond donors (Lipinski definition) is 0. The molecule has 15 heavy (non-hydrogen) atoms. The van der Waals surface area contributed by atoms with Gasteiger partial charge >= 0.3 is 0 Å². The lowest BCUT2D eigenvalue weighted by molar-refractivity contribution is -0.671. The lowest BCUT2D eigenvalue weighted by Crippen LogP contribution is -3.00. The van der Waals surface area contributed by atoms with Crippen LogP contribution in [0, 0.1) is 5.92 Å². The van der Waals surface area contributed by atoms with Crippen LogP contribution in [-0.2, 0) is 7.05 Å². The molecule has 1 aliphatic heterocycles. The second-order valence-corrected chi connectivity index (χ2v) is 3.50. The number of halogens is 1. The molecule has 1 aromatic rings. The van der Waals surface area contributed by atoms with Crippen molar-refractivity contribution in [1.82, 2.24) is 4.90 Å². The van der Waals surface area contributed by atoms with Crippen molar-refractivity contribution < 1.29 is 17.0 Å². The number of rotatable bonds is 1. The van der Waals surface area contributed by atoms with Gasteiger partial charge in [-0.05, 0) is 5.56 Å². The van der Waals surface area contributed by atoms with Crippen LogP contribution in [0.5, 0.6) is 0 Å². The Morgan fingerprint density at radius 2 is 1.60 bits per heavy atom. The Labute approximate surface area is 96.9 Å². The fraction of sp³-hybridized carbons (Fsp3) is 0.167. The van der Waals surface area contributed by atoms with Crippen molar-refractivity contribution in [3.8, 4) is 0 Å². The van der Waals surface area contributed by atoms with Crippen LogP contribution in [0.1, 0.15) is 5.56 Å². The first-order valence-corrected chi connectivity index (χ1v) is 4.67. The van der Waals surface area contributed by atoms with Crippen LogP contribution in [0.4, 0.5) is 0 Å². The summed E-state index contributed by atoms with van der Waals surface area (Å²) in [5.41, 5.74) is 1.25. The van der Waals surface area contributed by atoms with Gasteiger partial charge in [-0.25, -0.2) is 4.57 Å². The minimum atomic E-state index is 0. The van der Waals surface area contributed by atoms with E-state index >= 15 is 0 Å². The molecule has 1 radical (unpaired) electrons. The van der Waals surface area contributed by atoms with E-state index in [-0.39, 0.29) is 12.4 Å². The van der Waals surface area contributed by atoms with E-state index in [1.807, 2.05) is 23.6 Å². The standard InChI is InChI=1S/C12H14N2.ClH/c1-13-7-3-11(4-8-13)12-5-9-14(2)10-6-12;/h3-10H,1-2H3;1H/q+1;/p-1. The summed E-state index contributed by atoms with van der Waals surface area (Å²) in [6.45, 7) is 0. The first kappa shape index (κ1) is 11.8. The summed E-state index contributed by atoms with van der Waals surface area (Å²) >= 11 is 0. The maximum absolute atomic E-state index is 2.12. The van der Waals surface area contributed by atoms with Gasteiger partial charge in [0.15, 0.2) is 12.4 Å². The van der Waals surface area contributed by atoms with E-state index < -0.39 is 0 Å². The molecule has 0 N–H and O–H groups in total. The van der Waals surface area contributed by atoms with Gasteiger partial charge in [0.2, 0.25) is 0 Å². The molecule has 2 nitrogen and oxygen atoms in total. The molecule has 1 aliphatic rings. The van der Waals surface area contributed by atoms with Crippen molar-refractivity contribution in [3.05, 3.63) is 60.6 Å². The maximum Gasteiger partial charge on any atom is 0.168 e. The van der Waals surface area contributed by atoms with Gasteiger partial charge in [-0.15, -0.1) is 0 Å². The largest absolute Gasteiger partial charge is 1.00 e. The summed E-state index contributed by atoms with van der Waals surface area (Å²) in [6, 6.07) is 4.24. The van der Waals surface area contributed by atoms with Crippen molar-refractivity contribution in [2.75, 3.05) is 7.05 Å². The van der Waals surface area contributed by atoms with Gasteiger partial charge in [0.1, 0.15) is 7.05 Å². The summed E-state index contributed by atoms with van der Waals surface area (Å²) in [5.74, 6) is 1.25. The smallest absolute Gasteiger partial charge is 0.168 e. The maximum atomic E-state index is 2.12. The molecule has 0 bridgehead atoms. The van der Waals surface area contributed by atoms with E-state index in [9.17, 15) is 0 Å². The van der Waals surface area contributed by atoms with E-state index in [1.54, 1.807) is 0 Å². The zero-order valence-corrected chi connectivity index (χ0v) is 9.65. The Hall–Kier alpha value is -1.28. The predicted octanol–water partition coefficient (Wildman–Crippen LogP) is -1.59. The average molecular weight is 222 g/mol. The predicted molar refractivity (Wildman–Crippen MR) is 56.0 cm³/mol. The fourth-order valence-electron chi connectivity index (χ4n) is 1.39. The van der Waals surface area contributed by atoms with Gasteiger partial charge in [0, 0.05) is 31.6 Å². The molecule has 0 unspecified atom stereocenters. The second-order valence-electron chi connectivity index (χ2n) is 3.50. The van der Waals surface area contributed by atoms with Crippen LogP contribution in [0.15, 0.2) is 49.1 Å². The lowest BCUT2D eigenvalue weighted by Gasteiger charge is -2.16. The fourth-order valence-corrected chi connectivity index (χ4v) is 1.39. The molecular formula is C12H14ClN2. The van der Waals surface area contributed by atoms with Crippen molar-refractivity contribution in [2.24, 2.45) is 7.05 Å². The monoisotopic (exact) mass is 221 g/mol. The minimum absolute atomic E-state index is 0. The zero-order chi connectivity index (χ0) is 9.97. The molecule has 0 spiro atoms. The first-order valence-electron chi connectivity index (χ1n) is 4.67. The van der Waals surface area contributed by atoms with Gasteiger partial charge in [0.05, 0.1) is 5.92 Å². The van der Waals surface area contributed by atoms with Crippen molar-refractivity contribution in [1.29, 1.82) is 0 Å².